The topological polar surface area (TPSA) is 58.2 Å². The molecule has 0 fully saturated rings. The molecule has 0 aromatic carbocycles. The number of ketones is 2. The molecule has 0 amide bonds. The first kappa shape index (κ1) is 30.8. The zero-order valence-corrected chi connectivity index (χ0v) is 23.6. The Kier molecular flexibility index (Phi) is 13.6. The maximum absolute atomic E-state index is 13.1. The highest BCUT2D eigenvalue weighted by Gasteiger charge is 2.36. The molecular formula is C30H54N2O2. The molecule has 2 unspecified atom stereocenters. The van der Waals surface area contributed by atoms with Gasteiger partial charge in [-0.2, -0.15) is 0 Å². The molecule has 1 aliphatic rings. The number of carbonyl (C=O) groups is 2. The Hall–Kier alpha value is -1.26. The molecule has 0 saturated heterocycles. The number of carbonyl (C=O) groups excluding carboxylic acids is 2. The van der Waals surface area contributed by atoms with E-state index in [1.807, 2.05) is 0 Å². The fourth-order valence-corrected chi connectivity index (χ4v) is 4.84. The largest absolute Gasteiger partial charge is 0.314 e. The molecule has 0 spiro atoms. The van der Waals surface area contributed by atoms with Crippen molar-refractivity contribution in [3.05, 3.63) is 23.3 Å². The Morgan fingerprint density at radius 3 is 1.35 bits per heavy atom. The van der Waals surface area contributed by atoms with Crippen molar-refractivity contribution in [3.63, 3.8) is 0 Å². The van der Waals surface area contributed by atoms with Crippen LogP contribution >= 0.6 is 0 Å². The number of allylic oxidation sites excluding steroid dienone is 4. The smallest absolute Gasteiger partial charge is 0.182 e. The molecule has 0 bridgehead atoms. The Labute approximate surface area is 210 Å². The highest BCUT2D eigenvalue weighted by Crippen LogP contribution is 2.40. The van der Waals surface area contributed by atoms with Crippen molar-refractivity contribution in [3.8, 4) is 0 Å². The third-order valence-electron chi connectivity index (χ3n) is 7.46. The second kappa shape index (κ2) is 15.0. The van der Waals surface area contributed by atoms with E-state index in [0.717, 1.165) is 51.6 Å². The van der Waals surface area contributed by atoms with Crippen LogP contribution in [0, 0.1) is 10.8 Å². The lowest BCUT2D eigenvalue weighted by Crippen LogP contribution is -2.31. The van der Waals surface area contributed by atoms with Gasteiger partial charge >= 0.3 is 0 Å². The first-order valence-electron chi connectivity index (χ1n) is 13.9. The maximum Gasteiger partial charge on any atom is 0.182 e. The summed E-state index contributed by atoms with van der Waals surface area (Å²) < 4.78 is 0. The molecule has 1 rings (SSSR count). The van der Waals surface area contributed by atoms with Gasteiger partial charge in [-0.25, -0.2) is 0 Å². The third kappa shape index (κ3) is 10.6. The van der Waals surface area contributed by atoms with Crippen LogP contribution in [0.5, 0.6) is 0 Å². The van der Waals surface area contributed by atoms with Crippen LogP contribution in [0.25, 0.3) is 0 Å². The Bertz CT molecular complexity index is 643. The normalized spacial score (nSPS) is 16.9. The van der Waals surface area contributed by atoms with Crippen LogP contribution in [0.15, 0.2) is 23.3 Å². The summed E-state index contributed by atoms with van der Waals surface area (Å²) in [6, 6.07) is 0.966. The lowest BCUT2D eigenvalue weighted by Gasteiger charge is -2.33. The van der Waals surface area contributed by atoms with Gasteiger partial charge in [-0.05, 0) is 88.4 Å². The Morgan fingerprint density at radius 1 is 0.676 bits per heavy atom. The predicted octanol–water partition coefficient (Wildman–Crippen LogP) is 6.94. The molecule has 2 N–H and O–H groups in total. The van der Waals surface area contributed by atoms with Crippen LogP contribution in [0.3, 0.4) is 0 Å². The molecule has 0 aromatic heterocycles. The van der Waals surface area contributed by atoms with Crippen molar-refractivity contribution < 1.29 is 9.59 Å². The van der Waals surface area contributed by atoms with Gasteiger partial charge in [-0.1, -0.05) is 67.2 Å². The maximum atomic E-state index is 13.1. The summed E-state index contributed by atoms with van der Waals surface area (Å²) in [5, 5.41) is 7.15. The fourth-order valence-electron chi connectivity index (χ4n) is 4.84. The summed E-state index contributed by atoms with van der Waals surface area (Å²) in [6.45, 7) is 19.4. The van der Waals surface area contributed by atoms with E-state index in [1.165, 1.54) is 25.7 Å². The first-order chi connectivity index (χ1) is 15.9. The van der Waals surface area contributed by atoms with Crippen LogP contribution in [0.1, 0.15) is 120 Å². The van der Waals surface area contributed by atoms with E-state index in [9.17, 15) is 9.59 Å². The summed E-state index contributed by atoms with van der Waals surface area (Å²) in [5.41, 5.74) is 0.776. The van der Waals surface area contributed by atoms with Gasteiger partial charge in [-0.3, -0.25) is 9.59 Å². The summed E-state index contributed by atoms with van der Waals surface area (Å²) >= 11 is 0. The van der Waals surface area contributed by atoms with Crippen molar-refractivity contribution in [2.24, 2.45) is 10.8 Å². The monoisotopic (exact) mass is 474 g/mol. The number of hydrogen-bond acceptors (Lipinski definition) is 4. The lowest BCUT2D eigenvalue weighted by atomic mass is 9.70. The summed E-state index contributed by atoms with van der Waals surface area (Å²) in [4.78, 5) is 26.2. The lowest BCUT2D eigenvalue weighted by molar-refractivity contribution is -0.116. The van der Waals surface area contributed by atoms with E-state index in [1.54, 1.807) is 12.2 Å². The molecule has 196 valence electrons. The fraction of sp³-hybridized carbons (Fsp3) is 0.800. The van der Waals surface area contributed by atoms with Crippen LogP contribution in [-0.4, -0.2) is 36.7 Å². The molecule has 4 heteroatoms. The SMILES string of the molecule is CCCCNC(C)CCCC(C)(C)C1=CC(=O)C(C(C)(C)CCCC(C)NCCCC)=CC1=O. The highest BCUT2D eigenvalue weighted by atomic mass is 16.1. The van der Waals surface area contributed by atoms with Crippen LogP contribution < -0.4 is 10.6 Å². The van der Waals surface area contributed by atoms with Crippen molar-refractivity contribution in [2.75, 3.05) is 13.1 Å². The van der Waals surface area contributed by atoms with Gasteiger partial charge in [0, 0.05) is 23.2 Å². The standard InChI is InChI=1S/C30H54N2O2/c1-9-11-19-31-23(3)15-13-17-29(5,6)25-21-28(34)26(22-27(25)33)30(7,8)18-14-16-24(4)32-20-12-10-2/h21-24,31-32H,9-20H2,1-8H3. The predicted molar refractivity (Wildman–Crippen MR) is 146 cm³/mol. The quantitative estimate of drug-likeness (QED) is 0.167. The third-order valence-corrected chi connectivity index (χ3v) is 7.46. The summed E-state index contributed by atoms with van der Waals surface area (Å²) in [6.07, 6.45) is 14.2. The van der Waals surface area contributed by atoms with Gasteiger partial charge in [0.25, 0.3) is 0 Å². The average molecular weight is 475 g/mol. The minimum absolute atomic E-state index is 0.0244. The van der Waals surface area contributed by atoms with Gasteiger partial charge in [-0.15, -0.1) is 0 Å². The second-order valence-electron chi connectivity index (χ2n) is 11.8. The van der Waals surface area contributed by atoms with E-state index >= 15 is 0 Å². The van der Waals surface area contributed by atoms with E-state index < -0.39 is 0 Å². The molecule has 0 heterocycles. The molecule has 4 nitrogen and oxygen atoms in total. The summed E-state index contributed by atoms with van der Waals surface area (Å²) in [5.74, 6) is 0.0489. The molecule has 0 radical (unpaired) electrons. The zero-order chi connectivity index (χ0) is 25.8. The number of unbranched alkanes of at least 4 members (excludes halogenated alkanes) is 2. The van der Waals surface area contributed by atoms with E-state index in [-0.39, 0.29) is 22.4 Å². The minimum atomic E-state index is -0.290. The molecular weight excluding hydrogens is 420 g/mol. The van der Waals surface area contributed by atoms with E-state index in [2.05, 4.69) is 66.0 Å². The average Bonchev–Trinajstić information content (AvgIpc) is 2.75. The van der Waals surface area contributed by atoms with Gasteiger partial charge in [0.05, 0.1) is 0 Å². The van der Waals surface area contributed by atoms with E-state index in [4.69, 9.17) is 0 Å². The van der Waals surface area contributed by atoms with Crippen LogP contribution in [-0.2, 0) is 9.59 Å². The first-order valence-corrected chi connectivity index (χ1v) is 13.9. The van der Waals surface area contributed by atoms with Crippen molar-refractivity contribution in [1.29, 1.82) is 0 Å². The molecule has 1 aliphatic carbocycles. The Balaban J connectivity index is 2.63. The molecule has 2 atom stereocenters. The van der Waals surface area contributed by atoms with Gasteiger partial charge in [0.2, 0.25) is 0 Å². The summed E-state index contributed by atoms with van der Waals surface area (Å²) in [7, 11) is 0. The zero-order valence-electron chi connectivity index (χ0n) is 23.6. The minimum Gasteiger partial charge on any atom is -0.314 e. The van der Waals surface area contributed by atoms with Gasteiger partial charge < -0.3 is 10.6 Å². The Morgan fingerprint density at radius 2 is 1.03 bits per heavy atom. The van der Waals surface area contributed by atoms with Crippen molar-refractivity contribution in [2.45, 2.75) is 132 Å². The van der Waals surface area contributed by atoms with Gasteiger partial charge in [0.1, 0.15) is 0 Å². The number of nitrogens with one attached hydrogen (secondary N) is 2. The molecule has 0 aromatic rings. The van der Waals surface area contributed by atoms with Crippen molar-refractivity contribution in [1.82, 2.24) is 10.6 Å². The molecule has 34 heavy (non-hydrogen) atoms. The van der Waals surface area contributed by atoms with E-state index in [0.29, 0.717) is 23.2 Å². The van der Waals surface area contributed by atoms with Crippen LogP contribution in [0.2, 0.25) is 0 Å². The van der Waals surface area contributed by atoms with Crippen molar-refractivity contribution >= 4 is 11.6 Å². The highest BCUT2D eigenvalue weighted by molar-refractivity contribution is 6.20. The second-order valence-corrected chi connectivity index (χ2v) is 11.8. The molecule has 0 aliphatic heterocycles. The number of rotatable bonds is 18. The number of hydrogen-bond donors (Lipinski definition) is 2. The molecule has 0 saturated carbocycles. The van der Waals surface area contributed by atoms with Gasteiger partial charge in [0.15, 0.2) is 11.6 Å². The van der Waals surface area contributed by atoms with Crippen LogP contribution in [0.4, 0.5) is 0 Å².